The minimum atomic E-state index is 0.729. The summed E-state index contributed by atoms with van der Waals surface area (Å²) in [5.41, 5.74) is 8.23. The third kappa shape index (κ3) is 6.11. The molecule has 2 heteroatoms. The molecular formula is C21H25NO. The van der Waals surface area contributed by atoms with Gasteiger partial charge in [-0.05, 0) is 50.2 Å². The van der Waals surface area contributed by atoms with E-state index >= 15 is 0 Å². The van der Waals surface area contributed by atoms with Crippen molar-refractivity contribution in [3.05, 3.63) is 77.9 Å². The van der Waals surface area contributed by atoms with Crippen molar-refractivity contribution >= 4 is 12.0 Å². The van der Waals surface area contributed by atoms with E-state index in [-0.39, 0.29) is 0 Å². The summed E-state index contributed by atoms with van der Waals surface area (Å²) in [5.74, 6) is 1.98. The fourth-order valence-corrected chi connectivity index (χ4v) is 2.81. The van der Waals surface area contributed by atoms with Gasteiger partial charge in [-0.3, -0.25) is 4.79 Å². The molecule has 1 saturated carbocycles. The molecule has 23 heavy (non-hydrogen) atoms. The fraction of sp³-hybridized carbons (Fsp3) is 0.286. The third-order valence-corrected chi connectivity index (χ3v) is 4.18. The summed E-state index contributed by atoms with van der Waals surface area (Å²) in [6.07, 6.45) is 10.0. The number of carbonyl (C=O) groups is 1. The predicted octanol–water partition coefficient (Wildman–Crippen LogP) is 5.05. The zero-order valence-electron chi connectivity index (χ0n) is 13.7. The topological polar surface area (TPSA) is 43.1 Å². The van der Waals surface area contributed by atoms with Crippen molar-refractivity contribution in [2.24, 2.45) is 11.8 Å². The second-order valence-corrected chi connectivity index (χ2v) is 6.16. The molecule has 0 aliphatic heterocycles. The number of allylic oxidation sites excluding steroid dienone is 2. The van der Waals surface area contributed by atoms with Gasteiger partial charge in [0.1, 0.15) is 6.29 Å². The van der Waals surface area contributed by atoms with Gasteiger partial charge in [0.25, 0.3) is 0 Å². The van der Waals surface area contributed by atoms with Crippen molar-refractivity contribution in [2.75, 3.05) is 5.73 Å². The van der Waals surface area contributed by atoms with E-state index in [1.54, 1.807) is 12.1 Å². The van der Waals surface area contributed by atoms with Crippen LogP contribution >= 0.6 is 0 Å². The first-order chi connectivity index (χ1) is 11.2. The number of hydrogen-bond acceptors (Lipinski definition) is 2. The Bertz CT molecular complexity index is 583. The zero-order valence-corrected chi connectivity index (χ0v) is 13.7. The van der Waals surface area contributed by atoms with E-state index in [1.807, 2.05) is 49.4 Å². The number of nitrogens with two attached hydrogens (primary N) is 1. The van der Waals surface area contributed by atoms with Crippen LogP contribution in [-0.4, -0.2) is 6.29 Å². The highest BCUT2D eigenvalue weighted by Gasteiger charge is 2.25. The Labute approximate surface area is 139 Å². The lowest BCUT2D eigenvalue weighted by atomic mass is 10.1. The lowest BCUT2D eigenvalue weighted by molar-refractivity contribution is 0.112. The number of anilines is 1. The second-order valence-electron chi connectivity index (χ2n) is 6.16. The van der Waals surface area contributed by atoms with E-state index in [4.69, 9.17) is 5.73 Å². The minimum Gasteiger partial charge on any atom is -0.399 e. The molecule has 2 aliphatic carbocycles. The maximum atomic E-state index is 10.0. The SMILES string of the molecule is C1=CC2CCC1C2.Cc1ccc(N)cc1.O=Cc1ccccc1. The van der Waals surface area contributed by atoms with Crippen LogP contribution in [0, 0.1) is 18.8 Å². The maximum absolute atomic E-state index is 10.0. The maximum Gasteiger partial charge on any atom is 0.150 e. The highest BCUT2D eigenvalue weighted by atomic mass is 16.1. The summed E-state index contributed by atoms with van der Waals surface area (Å²) in [5, 5.41) is 0. The van der Waals surface area contributed by atoms with E-state index in [0.29, 0.717) is 0 Å². The normalized spacial score (nSPS) is 20.0. The van der Waals surface area contributed by atoms with Gasteiger partial charge in [-0.2, -0.15) is 0 Å². The van der Waals surface area contributed by atoms with Crippen molar-refractivity contribution in [1.82, 2.24) is 0 Å². The fourth-order valence-electron chi connectivity index (χ4n) is 2.81. The lowest BCUT2D eigenvalue weighted by Gasteiger charge is -1.96. The van der Waals surface area contributed by atoms with Gasteiger partial charge in [0.2, 0.25) is 0 Å². The Morgan fingerprint density at radius 2 is 1.48 bits per heavy atom. The molecule has 4 rings (SSSR count). The van der Waals surface area contributed by atoms with Crippen molar-refractivity contribution < 1.29 is 4.79 Å². The van der Waals surface area contributed by atoms with Gasteiger partial charge in [-0.25, -0.2) is 0 Å². The number of benzene rings is 2. The highest BCUT2D eigenvalue weighted by Crippen LogP contribution is 2.38. The Morgan fingerprint density at radius 3 is 1.78 bits per heavy atom. The molecule has 0 saturated heterocycles. The molecule has 2 aromatic rings. The Morgan fingerprint density at radius 1 is 0.913 bits per heavy atom. The van der Waals surface area contributed by atoms with Crippen molar-refractivity contribution in [2.45, 2.75) is 26.2 Å². The average molecular weight is 307 g/mol. The van der Waals surface area contributed by atoms with Crippen LogP contribution < -0.4 is 5.73 Å². The minimum absolute atomic E-state index is 0.729. The number of hydrogen-bond donors (Lipinski definition) is 1. The Kier molecular flexibility index (Phi) is 6.61. The number of carbonyl (C=O) groups excluding carboxylic acids is 1. The second kappa shape index (κ2) is 8.94. The largest absolute Gasteiger partial charge is 0.399 e. The van der Waals surface area contributed by atoms with Crippen LogP contribution in [0.4, 0.5) is 5.69 Å². The summed E-state index contributed by atoms with van der Waals surface area (Å²) in [7, 11) is 0. The standard InChI is InChI=1S/C7H9N.C7H6O.C7H10/c1-6-2-4-7(8)5-3-6;8-6-7-4-2-1-3-5-7;1-2-7-4-3-6(1)5-7/h2-5H,8H2,1H3;1-6H;1-2,6-7H,3-5H2. The molecule has 0 spiro atoms. The summed E-state index contributed by atoms with van der Waals surface area (Å²) >= 11 is 0. The van der Waals surface area contributed by atoms with Gasteiger partial charge in [0, 0.05) is 11.3 Å². The van der Waals surface area contributed by atoms with E-state index in [1.165, 1.54) is 24.8 Å². The summed E-state index contributed by atoms with van der Waals surface area (Å²) in [6, 6.07) is 16.9. The third-order valence-electron chi connectivity index (χ3n) is 4.18. The van der Waals surface area contributed by atoms with Crippen molar-refractivity contribution in [1.29, 1.82) is 0 Å². The molecule has 2 bridgehead atoms. The van der Waals surface area contributed by atoms with Gasteiger partial charge in [0.15, 0.2) is 0 Å². The zero-order chi connectivity index (χ0) is 16.5. The first-order valence-electron chi connectivity index (χ1n) is 8.18. The van der Waals surface area contributed by atoms with Crippen LogP contribution in [0.5, 0.6) is 0 Å². The van der Waals surface area contributed by atoms with E-state index < -0.39 is 0 Å². The summed E-state index contributed by atoms with van der Waals surface area (Å²) in [4.78, 5) is 10.0. The molecule has 2 aliphatic rings. The average Bonchev–Trinajstić information content (AvgIpc) is 3.25. The van der Waals surface area contributed by atoms with Gasteiger partial charge in [-0.15, -0.1) is 0 Å². The van der Waals surface area contributed by atoms with Crippen LogP contribution in [-0.2, 0) is 0 Å². The Hall–Kier alpha value is -2.35. The van der Waals surface area contributed by atoms with Crippen LogP contribution in [0.1, 0.15) is 35.2 Å². The number of fused-ring (bicyclic) bond motifs is 2. The van der Waals surface area contributed by atoms with Gasteiger partial charge < -0.3 is 5.73 Å². The van der Waals surface area contributed by atoms with Crippen LogP contribution in [0.3, 0.4) is 0 Å². The molecule has 2 N–H and O–H groups in total. The van der Waals surface area contributed by atoms with Crippen LogP contribution in [0.15, 0.2) is 66.7 Å². The first kappa shape index (κ1) is 17.0. The number of aryl methyl sites for hydroxylation is 1. The quantitative estimate of drug-likeness (QED) is 0.455. The van der Waals surface area contributed by atoms with E-state index in [9.17, 15) is 4.79 Å². The van der Waals surface area contributed by atoms with Gasteiger partial charge in [0.05, 0.1) is 0 Å². The van der Waals surface area contributed by atoms with E-state index in [2.05, 4.69) is 12.2 Å². The molecule has 2 atom stereocenters. The molecule has 0 amide bonds. The van der Waals surface area contributed by atoms with Crippen molar-refractivity contribution in [3.63, 3.8) is 0 Å². The highest BCUT2D eigenvalue weighted by molar-refractivity contribution is 5.74. The number of aldehydes is 1. The molecule has 2 unspecified atom stereocenters. The smallest absolute Gasteiger partial charge is 0.150 e. The van der Waals surface area contributed by atoms with E-state index in [0.717, 1.165) is 29.4 Å². The molecule has 0 radical (unpaired) electrons. The Balaban J connectivity index is 0.000000125. The number of nitrogen functional groups attached to an aromatic ring is 1. The molecule has 1 fully saturated rings. The molecule has 2 nitrogen and oxygen atoms in total. The summed E-state index contributed by atoms with van der Waals surface area (Å²) in [6.45, 7) is 2.04. The summed E-state index contributed by atoms with van der Waals surface area (Å²) < 4.78 is 0. The molecule has 0 heterocycles. The molecule has 0 aromatic heterocycles. The van der Waals surface area contributed by atoms with Crippen LogP contribution in [0.25, 0.3) is 0 Å². The predicted molar refractivity (Wildman–Crippen MR) is 97.4 cm³/mol. The van der Waals surface area contributed by atoms with Gasteiger partial charge in [-0.1, -0.05) is 60.2 Å². The first-order valence-corrected chi connectivity index (χ1v) is 8.18. The van der Waals surface area contributed by atoms with Gasteiger partial charge >= 0.3 is 0 Å². The monoisotopic (exact) mass is 307 g/mol. The number of rotatable bonds is 1. The van der Waals surface area contributed by atoms with Crippen LogP contribution in [0.2, 0.25) is 0 Å². The van der Waals surface area contributed by atoms with Crippen molar-refractivity contribution in [3.8, 4) is 0 Å². The molecular weight excluding hydrogens is 282 g/mol. The molecule has 2 aromatic carbocycles. The lowest BCUT2D eigenvalue weighted by Crippen LogP contribution is -1.82. The molecule has 120 valence electrons.